The topological polar surface area (TPSA) is 66.0 Å². The Labute approximate surface area is 120 Å². The van der Waals surface area contributed by atoms with Gasteiger partial charge < -0.3 is 10.6 Å². The number of rotatable bonds is 3. The molecule has 98 valence electrons. The zero-order valence-electron chi connectivity index (χ0n) is 10.8. The third-order valence-corrected chi connectivity index (χ3v) is 3.74. The van der Waals surface area contributed by atoms with Crippen LogP contribution in [0.3, 0.4) is 0 Å². The summed E-state index contributed by atoms with van der Waals surface area (Å²) in [6.07, 6.45) is 0. The number of nitrogens with zero attached hydrogens (tertiary/aromatic N) is 2. The Morgan fingerprint density at radius 1 is 1.26 bits per heavy atom. The molecule has 0 fully saturated rings. The molecule has 19 heavy (non-hydrogen) atoms. The van der Waals surface area contributed by atoms with E-state index in [2.05, 4.69) is 20.9 Å². The Balaban J connectivity index is 2.46. The van der Waals surface area contributed by atoms with E-state index >= 15 is 0 Å². The molecule has 2 rings (SSSR count). The van der Waals surface area contributed by atoms with Gasteiger partial charge in [0.15, 0.2) is 0 Å². The molecule has 1 aromatic carbocycles. The zero-order chi connectivity index (χ0) is 14.0. The molecule has 1 heterocycles. The summed E-state index contributed by atoms with van der Waals surface area (Å²) in [6.45, 7) is 1.94. The van der Waals surface area contributed by atoms with Crippen molar-refractivity contribution in [3.63, 3.8) is 0 Å². The molecule has 0 spiro atoms. The van der Waals surface area contributed by atoms with Crippen LogP contribution in [-0.4, -0.2) is 17.9 Å². The van der Waals surface area contributed by atoms with Crippen molar-refractivity contribution in [1.29, 1.82) is 5.41 Å². The second-order valence-corrected chi connectivity index (χ2v) is 5.08. The van der Waals surface area contributed by atoms with Gasteiger partial charge in [0.2, 0.25) is 0 Å². The summed E-state index contributed by atoms with van der Waals surface area (Å²) in [7, 11) is 1.91. The highest BCUT2D eigenvalue weighted by molar-refractivity contribution is 9.10. The average molecular weight is 319 g/mol. The number of hydrogen-bond acceptors (Lipinski definition) is 3. The third kappa shape index (κ3) is 2.76. The number of amidine groups is 1. The largest absolute Gasteiger partial charge is 0.384 e. The number of nitrogen functional groups attached to an aromatic ring is 1. The monoisotopic (exact) mass is 318 g/mol. The van der Waals surface area contributed by atoms with Crippen molar-refractivity contribution in [1.82, 2.24) is 4.98 Å². The summed E-state index contributed by atoms with van der Waals surface area (Å²) in [5, 5.41) is 7.63. The summed E-state index contributed by atoms with van der Waals surface area (Å²) in [4.78, 5) is 6.44. The number of para-hydroxylation sites is 1. The van der Waals surface area contributed by atoms with Crippen LogP contribution in [0, 0.1) is 12.3 Å². The number of halogens is 1. The van der Waals surface area contributed by atoms with Crippen molar-refractivity contribution >= 4 is 33.3 Å². The van der Waals surface area contributed by atoms with E-state index in [0.717, 1.165) is 21.7 Å². The van der Waals surface area contributed by atoms with Gasteiger partial charge in [-0.05, 0) is 47.1 Å². The second kappa shape index (κ2) is 5.40. The summed E-state index contributed by atoms with van der Waals surface area (Å²) < 4.78 is 0.976. The van der Waals surface area contributed by atoms with Crippen LogP contribution in [0.5, 0.6) is 0 Å². The first-order valence-electron chi connectivity index (χ1n) is 5.81. The average Bonchev–Trinajstić information content (AvgIpc) is 2.41. The van der Waals surface area contributed by atoms with Gasteiger partial charge in [-0.2, -0.15) is 0 Å². The molecular weight excluding hydrogens is 304 g/mol. The fraction of sp³-hybridized carbons (Fsp3) is 0.143. The quantitative estimate of drug-likeness (QED) is 0.674. The van der Waals surface area contributed by atoms with Gasteiger partial charge in [0.05, 0.1) is 11.4 Å². The van der Waals surface area contributed by atoms with E-state index < -0.39 is 0 Å². The first-order chi connectivity index (χ1) is 9.00. The van der Waals surface area contributed by atoms with Gasteiger partial charge in [-0.15, -0.1) is 0 Å². The smallest absolute Gasteiger partial charge is 0.133 e. The fourth-order valence-electron chi connectivity index (χ4n) is 1.83. The predicted octanol–water partition coefficient (Wildman–Crippen LogP) is 3.20. The molecule has 0 aliphatic heterocycles. The van der Waals surface area contributed by atoms with Crippen molar-refractivity contribution in [2.45, 2.75) is 6.92 Å². The van der Waals surface area contributed by atoms with Crippen LogP contribution in [0.1, 0.15) is 11.3 Å². The fourth-order valence-corrected chi connectivity index (χ4v) is 2.06. The Morgan fingerprint density at radius 2 is 1.95 bits per heavy atom. The summed E-state index contributed by atoms with van der Waals surface area (Å²) in [5.74, 6) is 0.866. The molecule has 0 saturated carbocycles. The van der Waals surface area contributed by atoms with E-state index in [1.54, 1.807) is 0 Å². The molecular formula is C14H15BrN4. The highest BCUT2D eigenvalue weighted by atomic mass is 79.9. The SMILES string of the molecule is Cc1nc(N(C)c2ccccc2C(=N)N)ccc1Br. The Bertz CT molecular complexity index is 625. The lowest BCUT2D eigenvalue weighted by molar-refractivity contribution is 1.08. The van der Waals surface area contributed by atoms with E-state index in [0.29, 0.717) is 5.56 Å². The minimum absolute atomic E-state index is 0.0521. The summed E-state index contributed by atoms with van der Waals surface area (Å²) in [5.41, 5.74) is 8.10. The van der Waals surface area contributed by atoms with Crippen molar-refractivity contribution < 1.29 is 0 Å². The number of nitrogens with one attached hydrogen (secondary N) is 1. The molecule has 0 atom stereocenters. The maximum Gasteiger partial charge on any atom is 0.133 e. The number of aryl methyl sites for hydroxylation is 1. The van der Waals surface area contributed by atoms with E-state index in [1.807, 2.05) is 55.3 Å². The Hall–Kier alpha value is -1.88. The lowest BCUT2D eigenvalue weighted by Crippen LogP contribution is -2.19. The molecule has 0 saturated heterocycles. The molecule has 1 aromatic heterocycles. The first-order valence-corrected chi connectivity index (χ1v) is 6.60. The standard InChI is InChI=1S/C14H15BrN4/c1-9-11(15)7-8-13(18-9)19(2)12-6-4-3-5-10(12)14(16)17/h3-8H,1-2H3,(H3,16,17). The summed E-state index contributed by atoms with van der Waals surface area (Å²) >= 11 is 3.44. The van der Waals surface area contributed by atoms with Gasteiger partial charge in [0.25, 0.3) is 0 Å². The third-order valence-electron chi connectivity index (χ3n) is 2.91. The molecule has 2 aromatic rings. The Kier molecular flexibility index (Phi) is 3.85. The lowest BCUT2D eigenvalue weighted by Gasteiger charge is -2.21. The zero-order valence-corrected chi connectivity index (χ0v) is 12.4. The lowest BCUT2D eigenvalue weighted by atomic mass is 10.1. The molecule has 0 aliphatic carbocycles. The molecule has 0 amide bonds. The number of anilines is 2. The minimum atomic E-state index is 0.0521. The van der Waals surface area contributed by atoms with Crippen LogP contribution in [0.2, 0.25) is 0 Å². The van der Waals surface area contributed by atoms with Crippen LogP contribution < -0.4 is 10.6 Å². The molecule has 0 unspecified atom stereocenters. The van der Waals surface area contributed by atoms with Gasteiger partial charge in [0.1, 0.15) is 11.7 Å². The number of hydrogen-bond donors (Lipinski definition) is 2. The highest BCUT2D eigenvalue weighted by Crippen LogP contribution is 2.27. The second-order valence-electron chi connectivity index (χ2n) is 4.23. The van der Waals surface area contributed by atoms with Crippen LogP contribution in [-0.2, 0) is 0 Å². The van der Waals surface area contributed by atoms with Gasteiger partial charge >= 0.3 is 0 Å². The van der Waals surface area contributed by atoms with E-state index in [-0.39, 0.29) is 5.84 Å². The van der Waals surface area contributed by atoms with Gasteiger partial charge in [-0.25, -0.2) is 4.98 Å². The maximum atomic E-state index is 7.63. The van der Waals surface area contributed by atoms with Crippen molar-refractivity contribution in [2.24, 2.45) is 5.73 Å². The molecule has 0 aliphatic rings. The van der Waals surface area contributed by atoms with Crippen LogP contribution in [0.25, 0.3) is 0 Å². The molecule has 0 bridgehead atoms. The first kappa shape index (κ1) is 13.5. The van der Waals surface area contributed by atoms with Crippen molar-refractivity contribution in [3.8, 4) is 0 Å². The normalized spacial score (nSPS) is 10.3. The Morgan fingerprint density at radius 3 is 2.58 bits per heavy atom. The maximum absolute atomic E-state index is 7.63. The molecule has 3 N–H and O–H groups in total. The van der Waals surface area contributed by atoms with Crippen molar-refractivity contribution in [2.75, 3.05) is 11.9 Å². The number of nitrogens with two attached hydrogens (primary N) is 1. The van der Waals surface area contributed by atoms with Crippen LogP contribution in [0.4, 0.5) is 11.5 Å². The minimum Gasteiger partial charge on any atom is -0.384 e. The van der Waals surface area contributed by atoms with Crippen molar-refractivity contribution in [3.05, 3.63) is 52.1 Å². The molecule has 5 heteroatoms. The highest BCUT2D eigenvalue weighted by Gasteiger charge is 2.12. The van der Waals surface area contributed by atoms with Crippen LogP contribution >= 0.6 is 15.9 Å². The number of aromatic nitrogens is 1. The van der Waals surface area contributed by atoms with Gasteiger partial charge in [-0.3, -0.25) is 5.41 Å². The molecule has 4 nitrogen and oxygen atoms in total. The van der Waals surface area contributed by atoms with E-state index in [1.165, 1.54) is 0 Å². The van der Waals surface area contributed by atoms with Gasteiger partial charge in [-0.1, -0.05) is 12.1 Å². The number of benzene rings is 1. The van der Waals surface area contributed by atoms with Gasteiger partial charge in [0, 0.05) is 17.1 Å². The number of pyridine rings is 1. The van der Waals surface area contributed by atoms with Crippen LogP contribution in [0.15, 0.2) is 40.9 Å². The van der Waals surface area contributed by atoms with E-state index in [4.69, 9.17) is 11.1 Å². The predicted molar refractivity (Wildman–Crippen MR) is 82.2 cm³/mol. The summed E-state index contributed by atoms with van der Waals surface area (Å²) in [6, 6.07) is 11.4. The molecule has 0 radical (unpaired) electrons. The van der Waals surface area contributed by atoms with E-state index in [9.17, 15) is 0 Å².